The predicted molar refractivity (Wildman–Crippen MR) is 84.4 cm³/mol. The molecule has 1 aliphatic rings. The van der Waals surface area contributed by atoms with Crippen molar-refractivity contribution in [2.24, 2.45) is 0 Å². The highest BCUT2D eigenvalue weighted by atomic mass is 35.5. The quantitative estimate of drug-likeness (QED) is 0.492. The van der Waals surface area contributed by atoms with Gasteiger partial charge in [0.1, 0.15) is 15.9 Å². The number of nitrogens with one attached hydrogen (secondary N) is 2. The molecule has 1 atom stereocenters. The average Bonchev–Trinajstić information content (AvgIpc) is 2.88. The average molecular weight is 358 g/mol. The van der Waals surface area contributed by atoms with E-state index in [4.69, 9.17) is 23.2 Å². The van der Waals surface area contributed by atoms with Crippen molar-refractivity contribution < 1.29 is 4.79 Å². The van der Waals surface area contributed by atoms with E-state index < -0.39 is 0 Å². The van der Waals surface area contributed by atoms with Crippen molar-refractivity contribution in [2.45, 2.75) is 24.0 Å². The molecule has 0 radical (unpaired) electrons. The number of thioether (sulfide) groups is 1. The second kappa shape index (κ2) is 8.24. The number of carbonyl (C=O) groups is 1. The third-order valence-corrected chi connectivity index (χ3v) is 3.98. The summed E-state index contributed by atoms with van der Waals surface area (Å²) in [7, 11) is 0. The Hall–Kier alpha value is -0.270. The zero-order chi connectivity index (χ0) is 13.8. The Kier molecular flexibility index (Phi) is 7.33. The highest BCUT2D eigenvalue weighted by Gasteiger charge is 2.20. The molecule has 0 spiro atoms. The molecule has 1 saturated heterocycles. The molecule has 5 nitrogen and oxygen atoms in total. The van der Waals surface area contributed by atoms with Crippen LogP contribution in [-0.2, 0) is 0 Å². The summed E-state index contributed by atoms with van der Waals surface area (Å²) in [6.45, 7) is 1.54. The van der Waals surface area contributed by atoms with Gasteiger partial charge in [0, 0.05) is 12.6 Å². The summed E-state index contributed by atoms with van der Waals surface area (Å²) in [6, 6.07) is 0.313. The van der Waals surface area contributed by atoms with E-state index in [1.54, 1.807) is 0 Å². The van der Waals surface area contributed by atoms with Crippen LogP contribution in [0.5, 0.6) is 0 Å². The lowest BCUT2D eigenvalue weighted by Crippen LogP contribution is -2.37. The fraction of sp³-hybridized carbons (Fsp3) is 0.545. The molecule has 2 heterocycles. The van der Waals surface area contributed by atoms with Gasteiger partial charge in [-0.05, 0) is 25.6 Å². The zero-order valence-electron chi connectivity index (χ0n) is 10.8. The molecule has 1 fully saturated rings. The normalized spacial score (nSPS) is 17.6. The number of nitrogens with zero attached hydrogens (tertiary/aromatic N) is 2. The monoisotopic (exact) mass is 356 g/mol. The van der Waals surface area contributed by atoms with Crippen molar-refractivity contribution in [3.63, 3.8) is 0 Å². The summed E-state index contributed by atoms with van der Waals surface area (Å²) in [4.78, 5) is 20.1. The fourth-order valence-corrected chi connectivity index (χ4v) is 2.93. The molecule has 9 heteroatoms. The molecule has 1 aliphatic heterocycles. The van der Waals surface area contributed by atoms with Crippen LogP contribution < -0.4 is 10.6 Å². The number of amides is 1. The van der Waals surface area contributed by atoms with Crippen LogP contribution in [0.4, 0.5) is 0 Å². The second-order valence-electron chi connectivity index (χ2n) is 4.17. The maximum atomic E-state index is 12.0. The molecule has 0 saturated carbocycles. The van der Waals surface area contributed by atoms with Gasteiger partial charge >= 0.3 is 0 Å². The molecule has 1 aromatic heterocycles. The SMILES string of the molecule is CSc1nc(Cl)c(C(=O)NC[C@@H]2CCCN2)c(Cl)n1.Cl. The van der Waals surface area contributed by atoms with Gasteiger partial charge in [-0.15, -0.1) is 12.4 Å². The van der Waals surface area contributed by atoms with Gasteiger partial charge in [-0.3, -0.25) is 4.79 Å². The molecule has 0 unspecified atom stereocenters. The number of rotatable bonds is 4. The van der Waals surface area contributed by atoms with Crippen LogP contribution in [0, 0.1) is 0 Å². The molecule has 0 bridgehead atoms. The number of aromatic nitrogens is 2. The van der Waals surface area contributed by atoms with E-state index in [-0.39, 0.29) is 34.2 Å². The largest absolute Gasteiger partial charge is 0.350 e. The summed E-state index contributed by atoms with van der Waals surface area (Å²) in [5.41, 5.74) is 0.138. The first-order valence-electron chi connectivity index (χ1n) is 5.90. The van der Waals surface area contributed by atoms with Gasteiger partial charge in [0.15, 0.2) is 5.16 Å². The molecular weight excluding hydrogens is 343 g/mol. The van der Waals surface area contributed by atoms with Crippen LogP contribution in [0.3, 0.4) is 0 Å². The Morgan fingerprint density at radius 3 is 2.60 bits per heavy atom. The molecule has 0 aliphatic carbocycles. The molecule has 1 amide bonds. The lowest BCUT2D eigenvalue weighted by atomic mass is 10.2. The molecule has 112 valence electrons. The van der Waals surface area contributed by atoms with Gasteiger partial charge in [-0.2, -0.15) is 0 Å². The Labute approximate surface area is 138 Å². The number of hydrogen-bond acceptors (Lipinski definition) is 5. The van der Waals surface area contributed by atoms with Crippen molar-refractivity contribution in [1.82, 2.24) is 20.6 Å². The fourth-order valence-electron chi connectivity index (χ4n) is 1.90. The Morgan fingerprint density at radius 2 is 2.10 bits per heavy atom. The summed E-state index contributed by atoms with van der Waals surface area (Å²) in [5.74, 6) is -0.337. The maximum Gasteiger partial charge on any atom is 0.257 e. The van der Waals surface area contributed by atoms with E-state index in [0.29, 0.717) is 17.7 Å². The van der Waals surface area contributed by atoms with E-state index in [2.05, 4.69) is 20.6 Å². The van der Waals surface area contributed by atoms with Crippen molar-refractivity contribution in [3.05, 3.63) is 15.9 Å². The van der Waals surface area contributed by atoms with Crippen LogP contribution in [-0.4, -0.2) is 41.3 Å². The third kappa shape index (κ3) is 4.36. The van der Waals surface area contributed by atoms with Crippen molar-refractivity contribution in [2.75, 3.05) is 19.3 Å². The Balaban J connectivity index is 0.00000200. The number of halogens is 3. The highest BCUT2D eigenvalue weighted by molar-refractivity contribution is 7.98. The first kappa shape index (κ1) is 17.8. The van der Waals surface area contributed by atoms with E-state index in [1.807, 2.05) is 6.26 Å². The van der Waals surface area contributed by atoms with Gasteiger partial charge < -0.3 is 10.6 Å². The number of carbonyl (C=O) groups excluding carboxylic acids is 1. The van der Waals surface area contributed by atoms with Crippen LogP contribution in [0.2, 0.25) is 10.3 Å². The molecule has 20 heavy (non-hydrogen) atoms. The third-order valence-electron chi connectivity index (χ3n) is 2.88. The Morgan fingerprint density at radius 1 is 1.45 bits per heavy atom. The molecule has 1 aromatic rings. The summed E-state index contributed by atoms with van der Waals surface area (Å²) >= 11 is 13.3. The van der Waals surface area contributed by atoms with Crippen LogP contribution in [0.15, 0.2) is 5.16 Å². The second-order valence-corrected chi connectivity index (χ2v) is 5.66. The standard InChI is InChI=1S/C11H14Cl2N4OS.ClH/c1-19-11-16-8(12)7(9(13)17-11)10(18)15-5-6-3-2-4-14-6;/h6,14H,2-5H2,1H3,(H,15,18);1H/t6-;/m0./s1. The topological polar surface area (TPSA) is 66.9 Å². The Bertz CT molecular complexity index is 460. The molecule has 2 N–H and O–H groups in total. The van der Waals surface area contributed by atoms with Gasteiger partial charge in [-0.1, -0.05) is 35.0 Å². The van der Waals surface area contributed by atoms with Crippen LogP contribution in [0.25, 0.3) is 0 Å². The highest BCUT2D eigenvalue weighted by Crippen LogP contribution is 2.24. The molecular formula is C11H15Cl3N4OS. The zero-order valence-corrected chi connectivity index (χ0v) is 13.9. The summed E-state index contributed by atoms with van der Waals surface area (Å²) < 4.78 is 0. The lowest BCUT2D eigenvalue weighted by molar-refractivity contribution is 0.0949. The number of hydrogen-bond donors (Lipinski definition) is 2. The smallest absolute Gasteiger partial charge is 0.257 e. The predicted octanol–water partition coefficient (Wildman–Crippen LogP) is 2.41. The first-order chi connectivity index (χ1) is 9.11. The minimum Gasteiger partial charge on any atom is -0.350 e. The van der Waals surface area contributed by atoms with Crippen LogP contribution >= 0.6 is 47.4 Å². The van der Waals surface area contributed by atoms with E-state index >= 15 is 0 Å². The minimum absolute atomic E-state index is 0. The summed E-state index contributed by atoms with van der Waals surface area (Å²) in [6.07, 6.45) is 4.00. The van der Waals surface area contributed by atoms with Gasteiger partial charge in [0.25, 0.3) is 5.91 Å². The lowest BCUT2D eigenvalue weighted by Gasteiger charge is -2.12. The molecule has 2 rings (SSSR count). The van der Waals surface area contributed by atoms with Crippen molar-refractivity contribution >= 4 is 53.3 Å². The van der Waals surface area contributed by atoms with Crippen molar-refractivity contribution in [3.8, 4) is 0 Å². The van der Waals surface area contributed by atoms with Gasteiger partial charge in [-0.25, -0.2) is 9.97 Å². The van der Waals surface area contributed by atoms with Gasteiger partial charge in [0.05, 0.1) is 0 Å². The van der Waals surface area contributed by atoms with Crippen LogP contribution in [0.1, 0.15) is 23.2 Å². The maximum absolute atomic E-state index is 12.0. The van der Waals surface area contributed by atoms with Crippen molar-refractivity contribution in [1.29, 1.82) is 0 Å². The summed E-state index contributed by atoms with van der Waals surface area (Å²) in [5, 5.41) is 6.72. The minimum atomic E-state index is -0.337. The molecule has 0 aromatic carbocycles. The van der Waals surface area contributed by atoms with E-state index in [9.17, 15) is 4.79 Å². The van der Waals surface area contributed by atoms with E-state index in [1.165, 1.54) is 11.8 Å². The van der Waals surface area contributed by atoms with E-state index in [0.717, 1.165) is 19.4 Å². The van der Waals surface area contributed by atoms with Gasteiger partial charge in [0.2, 0.25) is 0 Å². The first-order valence-corrected chi connectivity index (χ1v) is 7.88.